The third-order valence-corrected chi connectivity index (χ3v) is 11.2. The fraction of sp³-hybridized carbons (Fsp3) is 0. The summed E-state index contributed by atoms with van der Waals surface area (Å²) in [5, 5.41) is 9.54. The maximum Gasteiger partial charge on any atom is 0.136 e. The second-order valence-electron chi connectivity index (χ2n) is 14.5. The van der Waals surface area contributed by atoms with Gasteiger partial charge in [-0.3, -0.25) is 0 Å². The molecule has 1 aromatic heterocycles. The minimum Gasteiger partial charge on any atom is -0.456 e. The van der Waals surface area contributed by atoms with Gasteiger partial charge in [-0.2, -0.15) is 0 Å². The van der Waals surface area contributed by atoms with E-state index in [1.54, 1.807) is 0 Å². The van der Waals surface area contributed by atoms with E-state index >= 15 is 0 Å². The van der Waals surface area contributed by atoms with Crippen LogP contribution in [0, 0.1) is 0 Å². The highest BCUT2D eigenvalue weighted by molar-refractivity contribution is 6.16. The molecule has 0 aliphatic rings. The molecule has 2 heteroatoms. The molecule has 0 fully saturated rings. The van der Waals surface area contributed by atoms with Crippen LogP contribution in [0.2, 0.25) is 0 Å². The van der Waals surface area contributed by atoms with Gasteiger partial charge in [0.25, 0.3) is 0 Å². The van der Waals surface area contributed by atoms with E-state index in [1.165, 1.54) is 49.0 Å². The molecule has 0 unspecified atom stereocenters. The van der Waals surface area contributed by atoms with Crippen molar-refractivity contribution in [2.75, 3.05) is 4.90 Å². The predicted octanol–water partition coefficient (Wildman–Crippen LogP) is 15.5. The highest BCUT2D eigenvalue weighted by atomic mass is 16.3. The number of anilines is 3. The number of furan rings is 1. The van der Waals surface area contributed by atoms with Crippen molar-refractivity contribution in [1.82, 2.24) is 0 Å². The lowest BCUT2D eigenvalue weighted by Gasteiger charge is -2.29. The van der Waals surface area contributed by atoms with Gasteiger partial charge in [0.1, 0.15) is 11.2 Å². The van der Waals surface area contributed by atoms with Gasteiger partial charge in [0.15, 0.2) is 0 Å². The molecule has 0 aliphatic carbocycles. The van der Waals surface area contributed by atoms with Crippen molar-refractivity contribution >= 4 is 71.3 Å². The number of rotatable bonds is 6. The van der Waals surface area contributed by atoms with Gasteiger partial charge in [0.05, 0.1) is 5.69 Å². The zero-order valence-corrected chi connectivity index (χ0v) is 30.6. The van der Waals surface area contributed by atoms with Crippen molar-refractivity contribution in [2.24, 2.45) is 0 Å². The van der Waals surface area contributed by atoms with E-state index in [0.717, 1.165) is 55.7 Å². The van der Waals surface area contributed by atoms with Crippen LogP contribution in [-0.2, 0) is 0 Å². The van der Waals surface area contributed by atoms with Crippen LogP contribution in [0.15, 0.2) is 217 Å². The quantitative estimate of drug-likeness (QED) is 0.171. The molecule has 0 radical (unpaired) electrons. The molecule has 0 bridgehead atoms. The first-order chi connectivity index (χ1) is 27.7. The summed E-state index contributed by atoms with van der Waals surface area (Å²) < 4.78 is 6.57. The number of hydrogen-bond donors (Lipinski definition) is 0. The second kappa shape index (κ2) is 13.2. The monoisotopic (exact) mass is 713 g/mol. The maximum absolute atomic E-state index is 6.57. The average molecular weight is 714 g/mol. The summed E-state index contributed by atoms with van der Waals surface area (Å²) in [6.07, 6.45) is 0. The van der Waals surface area contributed by atoms with Crippen LogP contribution in [0.4, 0.5) is 17.1 Å². The van der Waals surface area contributed by atoms with E-state index in [1.807, 2.05) is 0 Å². The third-order valence-electron chi connectivity index (χ3n) is 11.2. The molecule has 0 N–H and O–H groups in total. The summed E-state index contributed by atoms with van der Waals surface area (Å²) in [5.74, 6) is 0. The summed E-state index contributed by atoms with van der Waals surface area (Å²) in [6, 6.07) is 76.6. The Labute approximate surface area is 325 Å². The van der Waals surface area contributed by atoms with Gasteiger partial charge >= 0.3 is 0 Å². The Balaban J connectivity index is 1.14. The average Bonchev–Trinajstić information content (AvgIpc) is 3.63. The smallest absolute Gasteiger partial charge is 0.136 e. The number of hydrogen-bond acceptors (Lipinski definition) is 2. The lowest BCUT2D eigenvalue weighted by Crippen LogP contribution is -2.11. The van der Waals surface area contributed by atoms with Gasteiger partial charge in [-0.25, -0.2) is 0 Å². The van der Waals surface area contributed by atoms with Gasteiger partial charge < -0.3 is 9.32 Å². The Morgan fingerprint density at radius 2 is 0.875 bits per heavy atom. The SMILES string of the molecule is c1cc(-c2ccc3ccccc3c2)cc(N(c2cccc(-c3cccc4ccccc34)c2)c2ccccc2-c2cccc3oc4cc5ccccc5cc4c23)c1. The first kappa shape index (κ1) is 32.0. The summed E-state index contributed by atoms with van der Waals surface area (Å²) in [6.45, 7) is 0. The molecule has 1 heterocycles. The Morgan fingerprint density at radius 3 is 1.71 bits per heavy atom. The molecule has 11 rings (SSSR count). The highest BCUT2D eigenvalue weighted by Crippen LogP contribution is 2.46. The molecular formula is C54H35NO. The van der Waals surface area contributed by atoms with E-state index in [4.69, 9.17) is 4.42 Å². The van der Waals surface area contributed by atoms with E-state index in [-0.39, 0.29) is 0 Å². The molecule has 0 saturated heterocycles. The van der Waals surface area contributed by atoms with Gasteiger partial charge in [0.2, 0.25) is 0 Å². The molecule has 10 aromatic carbocycles. The largest absolute Gasteiger partial charge is 0.456 e. The molecular weight excluding hydrogens is 679 g/mol. The summed E-state index contributed by atoms with van der Waals surface area (Å²) in [5.41, 5.74) is 12.0. The van der Waals surface area contributed by atoms with E-state index in [0.29, 0.717) is 0 Å². The van der Waals surface area contributed by atoms with Crippen molar-refractivity contribution in [3.05, 3.63) is 212 Å². The first-order valence-electron chi connectivity index (χ1n) is 19.2. The van der Waals surface area contributed by atoms with Gasteiger partial charge in [-0.05, 0) is 115 Å². The molecule has 0 saturated carbocycles. The van der Waals surface area contributed by atoms with Gasteiger partial charge in [-0.15, -0.1) is 0 Å². The minimum absolute atomic E-state index is 0.880. The lowest BCUT2D eigenvalue weighted by atomic mass is 9.95. The van der Waals surface area contributed by atoms with Crippen molar-refractivity contribution in [2.45, 2.75) is 0 Å². The standard InChI is InChI=1S/C54H35NO/c1-2-15-38-31-42(30-29-36(38)13-1)39-19-9-21-44(32-39)55(45-22-10-20-43(33-45)47-25-11-18-37-14-5-6-23-46(37)47)51-27-8-7-24-48(51)49-26-12-28-52-54(49)50-34-40-16-3-4-17-41(40)35-53(50)56-52/h1-35H. The third kappa shape index (κ3) is 5.42. The van der Waals surface area contributed by atoms with Crippen LogP contribution in [-0.4, -0.2) is 0 Å². The molecule has 2 nitrogen and oxygen atoms in total. The number of nitrogens with zero attached hydrogens (tertiary/aromatic N) is 1. The van der Waals surface area contributed by atoms with E-state index in [9.17, 15) is 0 Å². The summed E-state index contributed by atoms with van der Waals surface area (Å²) in [7, 11) is 0. The van der Waals surface area contributed by atoms with Crippen LogP contribution in [0.1, 0.15) is 0 Å². The minimum atomic E-state index is 0.880. The summed E-state index contributed by atoms with van der Waals surface area (Å²) in [4.78, 5) is 2.42. The Morgan fingerprint density at radius 1 is 0.304 bits per heavy atom. The lowest BCUT2D eigenvalue weighted by molar-refractivity contribution is 0.669. The number of benzene rings is 10. The molecule has 0 amide bonds. The van der Waals surface area contributed by atoms with Crippen molar-refractivity contribution in [1.29, 1.82) is 0 Å². The molecule has 0 atom stereocenters. The zero-order valence-electron chi connectivity index (χ0n) is 30.6. The van der Waals surface area contributed by atoms with Crippen LogP contribution in [0.5, 0.6) is 0 Å². The topological polar surface area (TPSA) is 16.4 Å². The normalized spacial score (nSPS) is 11.6. The van der Waals surface area contributed by atoms with Crippen molar-refractivity contribution in [3.8, 4) is 33.4 Å². The fourth-order valence-electron chi connectivity index (χ4n) is 8.54. The molecule has 0 spiro atoms. The predicted molar refractivity (Wildman–Crippen MR) is 237 cm³/mol. The molecule has 56 heavy (non-hydrogen) atoms. The summed E-state index contributed by atoms with van der Waals surface area (Å²) >= 11 is 0. The molecule has 0 aliphatic heterocycles. The van der Waals surface area contributed by atoms with Gasteiger partial charge in [-0.1, -0.05) is 158 Å². The fourth-order valence-corrected chi connectivity index (χ4v) is 8.54. The van der Waals surface area contributed by atoms with Crippen LogP contribution in [0.3, 0.4) is 0 Å². The zero-order chi connectivity index (χ0) is 37.0. The first-order valence-corrected chi connectivity index (χ1v) is 19.2. The molecule has 11 aromatic rings. The van der Waals surface area contributed by atoms with Crippen LogP contribution < -0.4 is 4.90 Å². The van der Waals surface area contributed by atoms with Crippen molar-refractivity contribution in [3.63, 3.8) is 0 Å². The molecule has 262 valence electrons. The Hall–Kier alpha value is -7.42. The van der Waals surface area contributed by atoms with E-state index in [2.05, 4.69) is 217 Å². The maximum atomic E-state index is 6.57. The van der Waals surface area contributed by atoms with Crippen molar-refractivity contribution < 1.29 is 4.42 Å². The van der Waals surface area contributed by atoms with Crippen LogP contribution >= 0.6 is 0 Å². The number of para-hydroxylation sites is 1. The van der Waals surface area contributed by atoms with E-state index < -0.39 is 0 Å². The second-order valence-corrected chi connectivity index (χ2v) is 14.5. The van der Waals surface area contributed by atoms with Gasteiger partial charge in [0, 0.05) is 27.7 Å². The Bertz CT molecular complexity index is 3270. The number of fused-ring (bicyclic) bond motifs is 6. The Kier molecular flexibility index (Phi) is 7.53. The highest BCUT2D eigenvalue weighted by Gasteiger charge is 2.21. The van der Waals surface area contributed by atoms with Crippen LogP contribution in [0.25, 0.3) is 87.6 Å².